The number of nitrogens with zero attached hydrogens (tertiary/aromatic N) is 1. The number of halogens is 1. The molecule has 2 aromatic carbocycles. The summed E-state index contributed by atoms with van der Waals surface area (Å²) >= 11 is 0. The lowest BCUT2D eigenvalue weighted by molar-refractivity contribution is -0.118. The molecule has 6 nitrogen and oxygen atoms in total. The van der Waals surface area contributed by atoms with E-state index in [-0.39, 0.29) is 17.4 Å². The minimum atomic E-state index is -0.768. The third-order valence-corrected chi connectivity index (χ3v) is 4.56. The first kappa shape index (κ1) is 22.0. The highest BCUT2D eigenvalue weighted by Crippen LogP contribution is 2.19. The van der Waals surface area contributed by atoms with Gasteiger partial charge in [0.25, 0.3) is 5.91 Å². The van der Waals surface area contributed by atoms with Crippen LogP contribution in [0.25, 0.3) is 0 Å². The zero-order valence-corrected chi connectivity index (χ0v) is 17.3. The molecule has 160 valence electrons. The largest absolute Gasteiger partial charge is 0.487 e. The lowest BCUT2D eigenvalue weighted by atomic mass is 10.0. The van der Waals surface area contributed by atoms with Gasteiger partial charge in [0, 0.05) is 23.5 Å². The van der Waals surface area contributed by atoms with Crippen molar-refractivity contribution >= 4 is 17.5 Å². The number of pyridine rings is 1. The number of amides is 2. The summed E-state index contributed by atoms with van der Waals surface area (Å²) in [6.45, 7) is 3.98. The number of anilines is 1. The van der Waals surface area contributed by atoms with Gasteiger partial charge < -0.3 is 15.4 Å². The fraction of sp³-hybridized carbons (Fsp3) is 0.208. The average Bonchev–Trinajstić information content (AvgIpc) is 2.77. The molecule has 2 N–H and O–H groups in total. The van der Waals surface area contributed by atoms with Crippen molar-refractivity contribution < 1.29 is 18.7 Å². The molecule has 1 heterocycles. The normalized spacial score (nSPS) is 11.6. The van der Waals surface area contributed by atoms with E-state index in [1.54, 1.807) is 30.5 Å². The van der Waals surface area contributed by atoms with E-state index < -0.39 is 17.8 Å². The highest BCUT2D eigenvalue weighted by Gasteiger charge is 2.25. The number of benzene rings is 2. The molecular formula is C24H24FN3O3. The van der Waals surface area contributed by atoms with Crippen LogP contribution in [0.4, 0.5) is 10.1 Å². The molecule has 31 heavy (non-hydrogen) atoms. The molecule has 0 radical (unpaired) electrons. The summed E-state index contributed by atoms with van der Waals surface area (Å²) in [6.07, 6.45) is 1.70. The molecule has 0 aliphatic carbocycles. The van der Waals surface area contributed by atoms with E-state index in [0.717, 1.165) is 5.69 Å². The smallest absolute Gasteiger partial charge is 0.251 e. The fourth-order valence-electron chi connectivity index (χ4n) is 2.89. The van der Waals surface area contributed by atoms with E-state index in [0.29, 0.717) is 18.0 Å². The highest BCUT2D eigenvalue weighted by atomic mass is 19.1. The fourth-order valence-corrected chi connectivity index (χ4v) is 2.89. The van der Waals surface area contributed by atoms with E-state index in [1.165, 1.54) is 24.3 Å². The molecule has 1 aromatic heterocycles. The average molecular weight is 421 g/mol. The van der Waals surface area contributed by atoms with Crippen molar-refractivity contribution in [2.75, 3.05) is 5.32 Å². The van der Waals surface area contributed by atoms with Gasteiger partial charge in [-0.3, -0.25) is 14.6 Å². The van der Waals surface area contributed by atoms with Crippen molar-refractivity contribution in [2.45, 2.75) is 26.5 Å². The quantitative estimate of drug-likeness (QED) is 0.572. The Kier molecular flexibility index (Phi) is 7.32. The Labute approximate surface area is 180 Å². The molecule has 1 atom stereocenters. The van der Waals surface area contributed by atoms with Crippen LogP contribution in [0.15, 0.2) is 72.9 Å². The van der Waals surface area contributed by atoms with Crippen molar-refractivity contribution in [2.24, 2.45) is 5.92 Å². The zero-order chi connectivity index (χ0) is 22.2. The van der Waals surface area contributed by atoms with Gasteiger partial charge in [-0.05, 0) is 54.4 Å². The molecule has 0 fully saturated rings. The topological polar surface area (TPSA) is 80.3 Å². The maximum atomic E-state index is 13.1. The summed E-state index contributed by atoms with van der Waals surface area (Å²) in [5.74, 6) is -0.804. The van der Waals surface area contributed by atoms with Crippen molar-refractivity contribution in [1.82, 2.24) is 10.3 Å². The van der Waals surface area contributed by atoms with Gasteiger partial charge in [0.1, 0.15) is 24.2 Å². The van der Waals surface area contributed by atoms with E-state index in [1.807, 2.05) is 32.0 Å². The summed E-state index contributed by atoms with van der Waals surface area (Å²) in [4.78, 5) is 29.5. The van der Waals surface area contributed by atoms with Crippen LogP contribution < -0.4 is 15.4 Å². The van der Waals surface area contributed by atoms with E-state index in [9.17, 15) is 14.0 Å². The molecule has 0 saturated carbocycles. The first-order valence-corrected chi connectivity index (χ1v) is 9.92. The number of hydrogen-bond donors (Lipinski definition) is 2. The van der Waals surface area contributed by atoms with E-state index in [2.05, 4.69) is 15.6 Å². The molecule has 0 spiro atoms. The number of nitrogens with one attached hydrogen (secondary N) is 2. The van der Waals surface area contributed by atoms with Gasteiger partial charge in [0.05, 0.1) is 5.69 Å². The first-order chi connectivity index (χ1) is 14.9. The molecule has 2 amide bonds. The molecule has 7 heteroatoms. The summed E-state index contributed by atoms with van der Waals surface area (Å²) in [7, 11) is 0. The van der Waals surface area contributed by atoms with Crippen LogP contribution in [-0.2, 0) is 11.4 Å². The Morgan fingerprint density at radius 3 is 2.48 bits per heavy atom. The Morgan fingerprint density at radius 1 is 1.03 bits per heavy atom. The number of carbonyl (C=O) groups excluding carboxylic acids is 2. The lowest BCUT2D eigenvalue weighted by Gasteiger charge is -2.22. The van der Waals surface area contributed by atoms with Crippen molar-refractivity contribution in [3.8, 4) is 5.75 Å². The maximum absolute atomic E-state index is 13.1. The highest BCUT2D eigenvalue weighted by molar-refractivity contribution is 6.01. The second-order valence-corrected chi connectivity index (χ2v) is 7.33. The minimum Gasteiger partial charge on any atom is -0.487 e. The third-order valence-electron chi connectivity index (χ3n) is 4.56. The molecule has 3 rings (SSSR count). The number of carbonyl (C=O) groups is 2. The molecular weight excluding hydrogens is 397 g/mol. The van der Waals surface area contributed by atoms with Gasteiger partial charge in [-0.1, -0.05) is 26.0 Å². The van der Waals surface area contributed by atoms with Crippen molar-refractivity contribution in [3.05, 3.63) is 90.0 Å². The number of ether oxygens (including phenoxy) is 1. The van der Waals surface area contributed by atoms with Gasteiger partial charge in [0.15, 0.2) is 0 Å². The number of rotatable bonds is 8. The summed E-state index contributed by atoms with van der Waals surface area (Å²) in [5.41, 5.74) is 1.62. The molecule has 0 bridgehead atoms. The molecule has 0 aliphatic rings. The lowest BCUT2D eigenvalue weighted by Crippen LogP contribution is -2.47. The SMILES string of the molecule is CC(C)[C@H](NC(=O)c1ccc(F)cc1)C(=O)Nc1cccc(OCc2ccccn2)c1. The van der Waals surface area contributed by atoms with Gasteiger partial charge in [-0.15, -0.1) is 0 Å². The Hall–Kier alpha value is -3.74. The van der Waals surface area contributed by atoms with Crippen LogP contribution in [0.5, 0.6) is 5.75 Å². The van der Waals surface area contributed by atoms with Crippen molar-refractivity contribution in [1.29, 1.82) is 0 Å². The van der Waals surface area contributed by atoms with E-state index >= 15 is 0 Å². The predicted molar refractivity (Wildman–Crippen MR) is 116 cm³/mol. The van der Waals surface area contributed by atoms with Crippen LogP contribution in [0.1, 0.15) is 29.9 Å². The van der Waals surface area contributed by atoms with Crippen LogP contribution in [0.2, 0.25) is 0 Å². The molecule has 0 aliphatic heterocycles. The Bertz CT molecular complexity index is 1020. The minimum absolute atomic E-state index is 0.159. The summed E-state index contributed by atoms with van der Waals surface area (Å²) in [5, 5.41) is 5.54. The van der Waals surface area contributed by atoms with Crippen LogP contribution in [0, 0.1) is 11.7 Å². The van der Waals surface area contributed by atoms with Gasteiger partial charge >= 0.3 is 0 Å². The molecule has 0 unspecified atom stereocenters. The van der Waals surface area contributed by atoms with Crippen LogP contribution in [-0.4, -0.2) is 22.8 Å². The second-order valence-electron chi connectivity index (χ2n) is 7.33. The van der Waals surface area contributed by atoms with Crippen molar-refractivity contribution in [3.63, 3.8) is 0 Å². The van der Waals surface area contributed by atoms with Gasteiger partial charge in [-0.25, -0.2) is 4.39 Å². The molecule has 3 aromatic rings. The van der Waals surface area contributed by atoms with Crippen LogP contribution >= 0.6 is 0 Å². The maximum Gasteiger partial charge on any atom is 0.251 e. The van der Waals surface area contributed by atoms with Crippen LogP contribution in [0.3, 0.4) is 0 Å². The van der Waals surface area contributed by atoms with Gasteiger partial charge in [0.2, 0.25) is 5.91 Å². The Morgan fingerprint density at radius 2 is 1.81 bits per heavy atom. The zero-order valence-electron chi connectivity index (χ0n) is 17.3. The monoisotopic (exact) mass is 421 g/mol. The predicted octanol–water partition coefficient (Wildman–Crippen LogP) is 4.19. The van der Waals surface area contributed by atoms with Gasteiger partial charge in [-0.2, -0.15) is 0 Å². The number of hydrogen-bond acceptors (Lipinski definition) is 4. The molecule has 0 saturated heterocycles. The standard InChI is InChI=1S/C24H24FN3O3/c1-16(2)22(28-23(29)17-9-11-18(25)12-10-17)24(30)27-19-7-5-8-21(14-19)31-15-20-6-3-4-13-26-20/h3-14,16,22H,15H2,1-2H3,(H,27,30)(H,28,29)/t22-/m0/s1. The first-order valence-electron chi connectivity index (χ1n) is 9.92. The number of aromatic nitrogens is 1. The second kappa shape index (κ2) is 10.3. The summed E-state index contributed by atoms with van der Waals surface area (Å²) in [6, 6.07) is 17.0. The third kappa shape index (κ3) is 6.37. The summed E-state index contributed by atoms with van der Waals surface area (Å²) < 4.78 is 18.8. The van der Waals surface area contributed by atoms with E-state index in [4.69, 9.17) is 4.74 Å². The Balaban J connectivity index is 1.63.